The maximum atomic E-state index is 6.16. The zero-order valence-corrected chi connectivity index (χ0v) is 13.0. The molecule has 0 aliphatic carbocycles. The zero-order valence-electron chi connectivity index (χ0n) is 11.5. The van der Waals surface area contributed by atoms with Gasteiger partial charge in [0.25, 0.3) is 0 Å². The number of nitrogens with zero attached hydrogens (tertiary/aromatic N) is 3. The van der Waals surface area contributed by atoms with Crippen LogP contribution in [0.1, 0.15) is 12.8 Å². The van der Waals surface area contributed by atoms with Gasteiger partial charge in [0.05, 0.1) is 13.2 Å². The van der Waals surface area contributed by atoms with Gasteiger partial charge >= 0.3 is 0 Å². The molecule has 0 bridgehead atoms. The van der Waals surface area contributed by atoms with E-state index in [1.54, 1.807) is 0 Å². The number of anilines is 1. The highest BCUT2D eigenvalue weighted by molar-refractivity contribution is 6.33. The number of halogens is 2. The van der Waals surface area contributed by atoms with Crippen LogP contribution in [0.15, 0.2) is 0 Å². The predicted molar refractivity (Wildman–Crippen MR) is 80.7 cm³/mol. The van der Waals surface area contributed by atoms with Gasteiger partial charge in [0.2, 0.25) is 5.28 Å². The Morgan fingerprint density at radius 2 is 2.29 bits per heavy atom. The zero-order chi connectivity index (χ0) is 14.8. The average Bonchev–Trinajstić information content (AvgIpc) is 2.97. The number of ether oxygens (including phenoxy) is 2. The number of nitrogens with two attached hydrogens (primary N) is 1. The lowest BCUT2D eigenvalue weighted by Gasteiger charge is -2.33. The lowest BCUT2D eigenvalue weighted by molar-refractivity contribution is -0.116. The summed E-state index contributed by atoms with van der Waals surface area (Å²) in [5, 5.41) is 0.370. The summed E-state index contributed by atoms with van der Waals surface area (Å²) < 4.78 is 10.9. The number of hydrogen-bond acceptors (Lipinski definition) is 6. The summed E-state index contributed by atoms with van der Waals surface area (Å²) in [5.41, 5.74) is 5.72. The summed E-state index contributed by atoms with van der Waals surface area (Å²) in [6.07, 6.45) is 3.81. The van der Waals surface area contributed by atoms with Gasteiger partial charge in [0, 0.05) is 19.0 Å². The largest absolute Gasteiger partial charge is 0.487 e. The first-order valence-electron chi connectivity index (χ1n) is 6.95. The van der Waals surface area contributed by atoms with Crippen molar-refractivity contribution in [3.8, 4) is 5.75 Å². The van der Waals surface area contributed by atoms with Crippen molar-refractivity contribution in [1.82, 2.24) is 9.97 Å². The van der Waals surface area contributed by atoms with Crippen LogP contribution < -0.4 is 15.4 Å². The van der Waals surface area contributed by atoms with Gasteiger partial charge in [-0.25, -0.2) is 4.98 Å². The molecule has 1 aromatic heterocycles. The molecule has 2 aliphatic rings. The Kier molecular flexibility index (Phi) is 4.69. The molecule has 1 radical (unpaired) electrons. The summed E-state index contributed by atoms with van der Waals surface area (Å²) in [6.45, 7) is 2.86. The van der Waals surface area contributed by atoms with E-state index in [4.69, 9.17) is 38.4 Å². The van der Waals surface area contributed by atoms with Crippen molar-refractivity contribution in [2.75, 3.05) is 31.2 Å². The second kappa shape index (κ2) is 6.52. The van der Waals surface area contributed by atoms with Crippen molar-refractivity contribution in [3.05, 3.63) is 16.9 Å². The molecule has 2 fully saturated rings. The van der Waals surface area contributed by atoms with E-state index in [0.717, 1.165) is 25.9 Å². The summed E-state index contributed by atoms with van der Waals surface area (Å²) in [6, 6.07) is 0. The normalized spacial score (nSPS) is 25.0. The first kappa shape index (κ1) is 15.1. The second-order valence-electron chi connectivity index (χ2n) is 5.15. The Morgan fingerprint density at radius 1 is 1.43 bits per heavy atom. The summed E-state index contributed by atoms with van der Waals surface area (Å²) >= 11 is 12.1. The SMILES string of the molecule is NC1OCC1CCOc1c(Cl)nc(Cl)nc1N1C[CH]CC1. The molecule has 2 aliphatic heterocycles. The Bertz CT molecular complexity index is 511. The van der Waals surface area contributed by atoms with E-state index in [1.807, 2.05) is 0 Å². The minimum absolute atomic E-state index is 0.128. The van der Waals surface area contributed by atoms with Crippen LogP contribution in [0.3, 0.4) is 0 Å². The third-order valence-corrected chi connectivity index (χ3v) is 4.16. The van der Waals surface area contributed by atoms with Crippen molar-refractivity contribution in [2.24, 2.45) is 11.7 Å². The third kappa shape index (κ3) is 3.34. The molecule has 2 unspecified atom stereocenters. The molecular weight excluding hydrogens is 315 g/mol. The standard InChI is InChI=1S/C13H17Cl2N4O2/c14-10-9(20-6-3-8-7-21-11(8)16)12(18-13(15)17-10)19-4-1-2-5-19/h1,8,11H,2-7,16H2. The Hall–Kier alpha value is -0.820. The van der Waals surface area contributed by atoms with Crippen LogP contribution in [0.25, 0.3) is 0 Å². The topological polar surface area (TPSA) is 73.5 Å². The third-order valence-electron chi connectivity index (χ3n) is 3.73. The quantitative estimate of drug-likeness (QED) is 0.656. The number of rotatable bonds is 5. The van der Waals surface area contributed by atoms with E-state index in [9.17, 15) is 0 Å². The van der Waals surface area contributed by atoms with Crippen molar-refractivity contribution < 1.29 is 9.47 Å². The first-order chi connectivity index (χ1) is 10.1. The van der Waals surface area contributed by atoms with Gasteiger partial charge < -0.3 is 20.1 Å². The summed E-state index contributed by atoms with van der Waals surface area (Å²) in [4.78, 5) is 10.3. The molecule has 0 saturated carbocycles. The second-order valence-corrected chi connectivity index (χ2v) is 5.85. The van der Waals surface area contributed by atoms with Gasteiger partial charge in [0.15, 0.2) is 16.7 Å². The minimum Gasteiger partial charge on any atom is -0.487 e. The molecule has 0 spiro atoms. The van der Waals surface area contributed by atoms with Gasteiger partial charge in [-0.2, -0.15) is 4.98 Å². The molecule has 115 valence electrons. The van der Waals surface area contributed by atoms with Crippen LogP contribution in [-0.2, 0) is 4.74 Å². The maximum absolute atomic E-state index is 6.16. The van der Waals surface area contributed by atoms with Crippen molar-refractivity contribution in [2.45, 2.75) is 19.1 Å². The fourth-order valence-electron chi connectivity index (χ4n) is 2.41. The van der Waals surface area contributed by atoms with Crippen LogP contribution in [0, 0.1) is 12.3 Å². The highest BCUT2D eigenvalue weighted by Gasteiger charge is 2.29. The Balaban J connectivity index is 1.70. The lowest BCUT2D eigenvalue weighted by Crippen LogP contribution is -2.46. The highest BCUT2D eigenvalue weighted by atomic mass is 35.5. The van der Waals surface area contributed by atoms with Gasteiger partial charge in [0.1, 0.15) is 6.23 Å². The Labute approximate surface area is 133 Å². The Morgan fingerprint density at radius 3 is 2.90 bits per heavy atom. The highest BCUT2D eigenvalue weighted by Crippen LogP contribution is 2.35. The van der Waals surface area contributed by atoms with E-state index in [0.29, 0.717) is 30.7 Å². The molecule has 1 aromatic rings. The number of hydrogen-bond donors (Lipinski definition) is 1. The van der Waals surface area contributed by atoms with Crippen molar-refractivity contribution in [1.29, 1.82) is 0 Å². The molecule has 0 amide bonds. The van der Waals surface area contributed by atoms with Crippen LogP contribution in [0.4, 0.5) is 5.82 Å². The van der Waals surface area contributed by atoms with Gasteiger partial charge in [-0.15, -0.1) is 0 Å². The predicted octanol–water partition coefficient (Wildman–Crippen LogP) is 1.90. The minimum atomic E-state index is -0.182. The molecule has 2 atom stereocenters. The van der Waals surface area contributed by atoms with Crippen LogP contribution >= 0.6 is 23.2 Å². The molecule has 3 heterocycles. The molecular formula is C13H17Cl2N4O2. The monoisotopic (exact) mass is 331 g/mol. The van der Waals surface area contributed by atoms with Gasteiger partial charge in [-0.3, -0.25) is 0 Å². The van der Waals surface area contributed by atoms with Crippen molar-refractivity contribution >= 4 is 29.0 Å². The first-order valence-corrected chi connectivity index (χ1v) is 7.70. The van der Waals surface area contributed by atoms with Crippen LogP contribution in [-0.4, -0.2) is 42.5 Å². The van der Waals surface area contributed by atoms with E-state index in [-0.39, 0.29) is 16.7 Å². The van der Waals surface area contributed by atoms with Crippen LogP contribution in [0.2, 0.25) is 10.4 Å². The summed E-state index contributed by atoms with van der Waals surface area (Å²) in [5.74, 6) is 1.48. The molecule has 6 nitrogen and oxygen atoms in total. The molecule has 8 heteroatoms. The molecule has 21 heavy (non-hydrogen) atoms. The molecule has 2 N–H and O–H groups in total. The fraction of sp³-hybridized carbons (Fsp3) is 0.615. The fourth-order valence-corrected chi connectivity index (χ4v) is 2.83. The lowest BCUT2D eigenvalue weighted by atomic mass is 10.0. The smallest absolute Gasteiger partial charge is 0.226 e. The van der Waals surface area contributed by atoms with Crippen molar-refractivity contribution in [3.63, 3.8) is 0 Å². The average molecular weight is 332 g/mol. The van der Waals surface area contributed by atoms with Crippen LogP contribution in [0.5, 0.6) is 5.75 Å². The van der Waals surface area contributed by atoms with Gasteiger partial charge in [-0.1, -0.05) is 11.6 Å². The molecule has 3 rings (SSSR count). The van der Waals surface area contributed by atoms with E-state index in [2.05, 4.69) is 21.3 Å². The molecule has 2 saturated heterocycles. The van der Waals surface area contributed by atoms with E-state index >= 15 is 0 Å². The maximum Gasteiger partial charge on any atom is 0.226 e. The molecule has 0 aromatic carbocycles. The summed E-state index contributed by atoms with van der Waals surface area (Å²) in [7, 11) is 0. The van der Waals surface area contributed by atoms with E-state index < -0.39 is 0 Å². The van der Waals surface area contributed by atoms with E-state index in [1.165, 1.54) is 0 Å². The number of aromatic nitrogens is 2. The van der Waals surface area contributed by atoms with Gasteiger partial charge in [-0.05, 0) is 30.9 Å².